The molecule has 104 valence electrons. The second-order valence-electron chi connectivity index (χ2n) is 6.14. The lowest BCUT2D eigenvalue weighted by Crippen LogP contribution is -2.28. The van der Waals surface area contributed by atoms with Gasteiger partial charge in [-0.3, -0.25) is 4.79 Å². The molecule has 19 heavy (non-hydrogen) atoms. The van der Waals surface area contributed by atoms with Gasteiger partial charge >= 0.3 is 0 Å². The fourth-order valence-corrected chi connectivity index (χ4v) is 2.65. The molecule has 1 aliphatic carbocycles. The number of amides is 1. The second kappa shape index (κ2) is 4.45. The number of nitrogen functional groups attached to an aromatic ring is 1. The lowest BCUT2D eigenvalue weighted by molar-refractivity contribution is 0.0944. The number of carbonyl (C=O) groups excluding carboxylic acids is 1. The van der Waals surface area contributed by atoms with E-state index in [1.807, 2.05) is 0 Å². The number of nitrogens with zero attached hydrogens (tertiary/aromatic N) is 2. The number of aromatic nitrogens is 2. The molecule has 1 heterocycles. The van der Waals surface area contributed by atoms with Gasteiger partial charge < -0.3 is 10.7 Å². The topological polar surface area (TPSA) is 92.9 Å². The molecule has 4 N–H and O–H groups in total. The summed E-state index contributed by atoms with van der Waals surface area (Å²) in [6, 6.07) is 0. The quantitative estimate of drug-likeness (QED) is 0.560. The molecule has 1 fully saturated rings. The van der Waals surface area contributed by atoms with Gasteiger partial charge in [0.25, 0.3) is 5.91 Å². The zero-order valence-corrected chi connectivity index (χ0v) is 11.8. The van der Waals surface area contributed by atoms with Crippen molar-refractivity contribution in [2.24, 2.45) is 22.6 Å². The van der Waals surface area contributed by atoms with Crippen LogP contribution in [0, 0.1) is 16.7 Å². The van der Waals surface area contributed by atoms with Crippen molar-refractivity contribution in [2.45, 2.75) is 27.7 Å². The van der Waals surface area contributed by atoms with Gasteiger partial charge in [-0.1, -0.05) is 27.7 Å². The molecule has 1 aromatic heterocycles. The van der Waals surface area contributed by atoms with Crippen LogP contribution in [0.5, 0.6) is 0 Å². The number of hydrogen-bond donors (Lipinski definition) is 3. The maximum absolute atomic E-state index is 11.9. The van der Waals surface area contributed by atoms with Crippen LogP contribution in [0.3, 0.4) is 0 Å². The van der Waals surface area contributed by atoms with Crippen LogP contribution in [0.1, 0.15) is 38.2 Å². The van der Waals surface area contributed by atoms with E-state index in [1.54, 1.807) is 0 Å². The molecule has 0 saturated heterocycles. The Labute approximate surface area is 113 Å². The number of anilines is 1. The first-order valence-electron chi connectivity index (χ1n) is 6.37. The van der Waals surface area contributed by atoms with Crippen molar-refractivity contribution in [1.82, 2.24) is 15.3 Å². The number of hydrazine groups is 1. The number of hydrogen-bond acceptors (Lipinski definition) is 5. The number of rotatable bonds is 4. The van der Waals surface area contributed by atoms with Crippen molar-refractivity contribution < 1.29 is 4.79 Å². The zero-order chi connectivity index (χ0) is 14.3. The minimum absolute atomic E-state index is 0.199. The van der Waals surface area contributed by atoms with Gasteiger partial charge in [0, 0.05) is 6.54 Å². The summed E-state index contributed by atoms with van der Waals surface area (Å²) >= 11 is 0. The lowest BCUT2D eigenvalue weighted by Gasteiger charge is -2.06. The standard InChI is InChI=1S/C13H21N5O/c1-12(2)9(13(12,3)4)6-17-11(19)8-5-16-10(18-14)7-15-8/h5,7,9H,6,14H2,1-4H3,(H,16,18)(H,17,19). The van der Waals surface area contributed by atoms with Gasteiger partial charge in [0.05, 0.1) is 12.4 Å². The van der Waals surface area contributed by atoms with Crippen molar-refractivity contribution in [1.29, 1.82) is 0 Å². The second-order valence-corrected chi connectivity index (χ2v) is 6.14. The SMILES string of the molecule is CC1(C)C(CNC(=O)c2cnc(NN)cn2)C1(C)C. The van der Waals surface area contributed by atoms with Gasteiger partial charge in [-0.2, -0.15) is 0 Å². The van der Waals surface area contributed by atoms with E-state index < -0.39 is 0 Å². The minimum Gasteiger partial charge on any atom is -0.350 e. The van der Waals surface area contributed by atoms with E-state index in [2.05, 4.69) is 48.4 Å². The van der Waals surface area contributed by atoms with Crippen molar-refractivity contribution in [3.63, 3.8) is 0 Å². The van der Waals surface area contributed by atoms with Gasteiger partial charge in [-0.25, -0.2) is 15.8 Å². The summed E-state index contributed by atoms with van der Waals surface area (Å²) in [5.74, 6) is 5.91. The van der Waals surface area contributed by atoms with E-state index >= 15 is 0 Å². The Morgan fingerprint density at radius 1 is 1.26 bits per heavy atom. The van der Waals surface area contributed by atoms with E-state index in [0.717, 1.165) is 0 Å². The third-order valence-electron chi connectivity index (χ3n) is 4.82. The highest BCUT2D eigenvalue weighted by molar-refractivity contribution is 5.92. The monoisotopic (exact) mass is 263 g/mol. The summed E-state index contributed by atoms with van der Waals surface area (Å²) in [6.45, 7) is 9.57. The number of carbonyl (C=O) groups is 1. The number of nitrogens with two attached hydrogens (primary N) is 1. The fraction of sp³-hybridized carbons (Fsp3) is 0.615. The normalized spacial score (nSPS) is 19.8. The van der Waals surface area contributed by atoms with Crippen molar-refractivity contribution in [2.75, 3.05) is 12.0 Å². The maximum atomic E-state index is 11.9. The van der Waals surface area contributed by atoms with E-state index in [9.17, 15) is 4.79 Å². The molecular weight excluding hydrogens is 242 g/mol. The molecule has 0 spiro atoms. The molecule has 6 heteroatoms. The van der Waals surface area contributed by atoms with E-state index in [1.165, 1.54) is 12.4 Å². The highest BCUT2D eigenvalue weighted by atomic mass is 16.1. The first-order chi connectivity index (χ1) is 8.80. The fourth-order valence-electron chi connectivity index (χ4n) is 2.65. The molecule has 0 unspecified atom stereocenters. The summed E-state index contributed by atoms with van der Waals surface area (Å²) in [5, 5.41) is 2.92. The van der Waals surface area contributed by atoms with Crippen LogP contribution in [-0.4, -0.2) is 22.4 Å². The Kier molecular flexibility index (Phi) is 3.22. The summed E-state index contributed by atoms with van der Waals surface area (Å²) in [4.78, 5) is 19.9. The van der Waals surface area contributed by atoms with Crippen LogP contribution >= 0.6 is 0 Å². The smallest absolute Gasteiger partial charge is 0.271 e. The molecule has 0 aliphatic heterocycles. The molecule has 6 nitrogen and oxygen atoms in total. The van der Waals surface area contributed by atoms with Gasteiger partial charge in [-0.15, -0.1) is 0 Å². The molecule has 0 atom stereocenters. The Morgan fingerprint density at radius 2 is 1.89 bits per heavy atom. The highest BCUT2D eigenvalue weighted by Crippen LogP contribution is 2.67. The first kappa shape index (κ1) is 13.7. The number of nitrogens with one attached hydrogen (secondary N) is 2. The van der Waals surface area contributed by atoms with Crippen LogP contribution in [0.2, 0.25) is 0 Å². The largest absolute Gasteiger partial charge is 0.350 e. The molecule has 0 bridgehead atoms. The molecule has 1 aliphatic rings. The molecular formula is C13H21N5O. The molecule has 2 rings (SSSR count). The van der Waals surface area contributed by atoms with Crippen LogP contribution in [0.4, 0.5) is 5.82 Å². The Morgan fingerprint density at radius 3 is 2.32 bits per heavy atom. The molecule has 1 amide bonds. The van der Waals surface area contributed by atoms with Crippen LogP contribution < -0.4 is 16.6 Å². The van der Waals surface area contributed by atoms with Crippen molar-refractivity contribution in [3.05, 3.63) is 18.1 Å². The van der Waals surface area contributed by atoms with E-state index in [-0.39, 0.29) is 16.7 Å². The average molecular weight is 263 g/mol. The van der Waals surface area contributed by atoms with Gasteiger partial charge in [-0.05, 0) is 16.7 Å². The summed E-state index contributed by atoms with van der Waals surface area (Å²) in [5.41, 5.74) is 3.20. The molecule has 0 radical (unpaired) electrons. The van der Waals surface area contributed by atoms with Gasteiger partial charge in [0.15, 0.2) is 5.82 Å². The van der Waals surface area contributed by atoms with Crippen LogP contribution in [-0.2, 0) is 0 Å². The minimum atomic E-state index is -0.199. The van der Waals surface area contributed by atoms with Crippen LogP contribution in [0.15, 0.2) is 12.4 Å². The first-order valence-corrected chi connectivity index (χ1v) is 6.37. The molecule has 1 saturated carbocycles. The van der Waals surface area contributed by atoms with Gasteiger partial charge in [0.2, 0.25) is 0 Å². The Bertz CT molecular complexity index is 466. The van der Waals surface area contributed by atoms with Crippen molar-refractivity contribution in [3.8, 4) is 0 Å². The summed E-state index contributed by atoms with van der Waals surface area (Å²) in [6.07, 6.45) is 2.84. The third kappa shape index (κ3) is 2.28. The Balaban J connectivity index is 1.92. The lowest BCUT2D eigenvalue weighted by atomic mass is 10.0. The zero-order valence-electron chi connectivity index (χ0n) is 11.8. The summed E-state index contributed by atoms with van der Waals surface area (Å²) < 4.78 is 0. The predicted octanol–water partition coefficient (Wildman–Crippen LogP) is 1.17. The van der Waals surface area contributed by atoms with Crippen molar-refractivity contribution >= 4 is 11.7 Å². The van der Waals surface area contributed by atoms with Crippen LogP contribution in [0.25, 0.3) is 0 Å². The molecule has 1 aromatic rings. The van der Waals surface area contributed by atoms with E-state index in [4.69, 9.17) is 5.84 Å². The average Bonchev–Trinajstić information content (AvgIpc) is 2.77. The predicted molar refractivity (Wildman–Crippen MR) is 73.2 cm³/mol. The van der Waals surface area contributed by atoms with E-state index in [0.29, 0.717) is 24.0 Å². The third-order valence-corrected chi connectivity index (χ3v) is 4.82. The highest BCUT2D eigenvalue weighted by Gasteiger charge is 2.64. The maximum Gasteiger partial charge on any atom is 0.271 e. The van der Waals surface area contributed by atoms with Gasteiger partial charge in [0.1, 0.15) is 5.69 Å². The summed E-state index contributed by atoms with van der Waals surface area (Å²) in [7, 11) is 0. The Hall–Kier alpha value is -1.69. The molecule has 0 aromatic carbocycles.